The van der Waals surface area contributed by atoms with E-state index in [4.69, 9.17) is 4.74 Å². The van der Waals surface area contributed by atoms with E-state index >= 15 is 0 Å². The predicted octanol–water partition coefficient (Wildman–Crippen LogP) is 3.87. The Morgan fingerprint density at radius 1 is 1.25 bits per heavy atom. The number of ether oxygens (including phenoxy) is 1. The minimum Gasteiger partial charge on any atom is -0.497 e. The lowest BCUT2D eigenvalue weighted by Gasteiger charge is -2.09. The van der Waals surface area contributed by atoms with Gasteiger partial charge in [-0.3, -0.25) is 4.79 Å². The molecule has 24 heavy (non-hydrogen) atoms. The Morgan fingerprint density at radius 2 is 2.08 bits per heavy atom. The first-order chi connectivity index (χ1) is 11.6. The smallest absolute Gasteiger partial charge is 0.240 e. The summed E-state index contributed by atoms with van der Waals surface area (Å²) < 4.78 is 21.1. The van der Waals surface area contributed by atoms with Crippen LogP contribution in [0.2, 0.25) is 0 Å². The van der Waals surface area contributed by atoms with Crippen LogP contribution in [-0.4, -0.2) is 17.6 Å². The Bertz CT molecular complexity index is 892. The van der Waals surface area contributed by atoms with E-state index in [9.17, 15) is 9.18 Å². The molecule has 3 rings (SSSR count). The summed E-state index contributed by atoms with van der Waals surface area (Å²) in [5, 5.41) is 3.82. The summed E-state index contributed by atoms with van der Waals surface area (Å²) in [4.78, 5) is 12.2. The Labute approximate surface area is 147 Å². The second-order valence-corrected chi connectivity index (χ2v) is 6.24. The highest BCUT2D eigenvalue weighted by molar-refractivity contribution is 9.10. The molecule has 0 unspecified atom stereocenters. The highest BCUT2D eigenvalue weighted by atomic mass is 79.9. The lowest BCUT2D eigenvalue weighted by atomic mass is 10.2. The van der Waals surface area contributed by atoms with Crippen molar-refractivity contribution in [2.45, 2.75) is 13.1 Å². The number of hydrogen-bond donors (Lipinski definition) is 1. The second-order valence-electron chi connectivity index (χ2n) is 5.38. The van der Waals surface area contributed by atoms with Crippen LogP contribution in [0.4, 0.5) is 4.39 Å². The molecule has 1 heterocycles. The summed E-state index contributed by atoms with van der Waals surface area (Å²) in [6.45, 7) is 0.465. The number of benzene rings is 2. The second kappa shape index (κ2) is 7.05. The van der Waals surface area contributed by atoms with E-state index < -0.39 is 0 Å². The Hall–Kier alpha value is -2.34. The van der Waals surface area contributed by atoms with Crippen LogP contribution in [0.25, 0.3) is 10.9 Å². The van der Waals surface area contributed by atoms with Crippen molar-refractivity contribution in [3.8, 4) is 5.75 Å². The molecule has 6 heteroatoms. The van der Waals surface area contributed by atoms with Gasteiger partial charge in [-0.2, -0.15) is 0 Å². The number of amides is 1. The Morgan fingerprint density at radius 3 is 2.88 bits per heavy atom. The van der Waals surface area contributed by atoms with Gasteiger partial charge in [0.1, 0.15) is 18.1 Å². The highest BCUT2D eigenvalue weighted by Crippen LogP contribution is 2.22. The molecule has 124 valence electrons. The number of nitrogens with zero attached hydrogens (tertiary/aromatic N) is 1. The number of fused-ring (bicyclic) bond motifs is 1. The third-order valence-electron chi connectivity index (χ3n) is 3.78. The molecule has 0 bridgehead atoms. The van der Waals surface area contributed by atoms with Gasteiger partial charge in [-0.15, -0.1) is 0 Å². The molecule has 0 saturated heterocycles. The van der Waals surface area contributed by atoms with Crippen molar-refractivity contribution in [1.29, 1.82) is 0 Å². The summed E-state index contributed by atoms with van der Waals surface area (Å²) in [5.74, 6) is 0.313. The number of carbonyl (C=O) groups excluding carboxylic acids is 1. The van der Waals surface area contributed by atoms with Gasteiger partial charge < -0.3 is 14.6 Å². The molecule has 0 atom stereocenters. The molecule has 1 N–H and O–H groups in total. The van der Waals surface area contributed by atoms with Crippen LogP contribution >= 0.6 is 15.9 Å². The molecule has 0 aliphatic heterocycles. The molecule has 1 amide bonds. The lowest BCUT2D eigenvalue weighted by Crippen LogP contribution is -2.27. The van der Waals surface area contributed by atoms with Crippen LogP contribution in [0.1, 0.15) is 5.56 Å². The van der Waals surface area contributed by atoms with Gasteiger partial charge >= 0.3 is 0 Å². The van der Waals surface area contributed by atoms with Gasteiger partial charge in [0.25, 0.3) is 0 Å². The van der Waals surface area contributed by atoms with Crippen LogP contribution in [-0.2, 0) is 17.9 Å². The van der Waals surface area contributed by atoms with Crippen LogP contribution < -0.4 is 10.1 Å². The number of rotatable bonds is 5. The standard InChI is InChI=1S/C18H16BrFN2O2/c1-24-15-3-5-17-12(9-15)6-7-22(17)11-18(23)21-10-13-8-14(20)2-4-16(13)19/h2-9H,10-11H2,1H3,(H,21,23). The maximum Gasteiger partial charge on any atom is 0.240 e. The minimum atomic E-state index is -0.326. The fourth-order valence-corrected chi connectivity index (χ4v) is 2.91. The summed E-state index contributed by atoms with van der Waals surface area (Å²) in [6, 6.07) is 12.0. The molecule has 0 spiro atoms. The normalized spacial score (nSPS) is 10.8. The third-order valence-corrected chi connectivity index (χ3v) is 4.55. The van der Waals surface area contributed by atoms with Gasteiger partial charge in [0.15, 0.2) is 0 Å². The molecule has 0 aliphatic rings. The first-order valence-corrected chi connectivity index (χ1v) is 8.19. The van der Waals surface area contributed by atoms with Crippen molar-refractivity contribution < 1.29 is 13.9 Å². The topological polar surface area (TPSA) is 43.3 Å². The Kier molecular flexibility index (Phi) is 4.85. The van der Waals surface area contributed by atoms with Gasteiger partial charge in [0.2, 0.25) is 5.91 Å². The van der Waals surface area contributed by atoms with Crippen LogP contribution in [0.3, 0.4) is 0 Å². The summed E-state index contributed by atoms with van der Waals surface area (Å²) in [5.41, 5.74) is 1.66. The van der Waals surface area contributed by atoms with Gasteiger partial charge in [0, 0.05) is 28.1 Å². The number of hydrogen-bond acceptors (Lipinski definition) is 2. The van der Waals surface area contributed by atoms with Crippen molar-refractivity contribution in [3.05, 3.63) is 64.5 Å². The van der Waals surface area contributed by atoms with Crippen molar-refractivity contribution >= 4 is 32.7 Å². The predicted molar refractivity (Wildman–Crippen MR) is 94.4 cm³/mol. The van der Waals surface area contributed by atoms with Gasteiger partial charge in [-0.25, -0.2) is 4.39 Å². The highest BCUT2D eigenvalue weighted by Gasteiger charge is 2.08. The minimum absolute atomic E-state index is 0.139. The van der Waals surface area contributed by atoms with Crippen molar-refractivity contribution in [2.24, 2.45) is 0 Å². The number of methoxy groups -OCH3 is 1. The van der Waals surface area contributed by atoms with Crippen LogP contribution in [0.15, 0.2) is 53.1 Å². The first-order valence-electron chi connectivity index (χ1n) is 7.40. The molecule has 0 saturated carbocycles. The third kappa shape index (κ3) is 3.59. The van der Waals surface area contributed by atoms with Crippen molar-refractivity contribution in [2.75, 3.05) is 7.11 Å². The van der Waals surface area contributed by atoms with E-state index in [0.29, 0.717) is 5.56 Å². The Balaban J connectivity index is 1.68. The van der Waals surface area contributed by atoms with Gasteiger partial charge in [-0.05, 0) is 48.0 Å². The number of aromatic nitrogens is 1. The van der Waals surface area contributed by atoms with Gasteiger partial charge in [-0.1, -0.05) is 15.9 Å². The van der Waals surface area contributed by atoms with Crippen LogP contribution in [0, 0.1) is 5.82 Å². The molecule has 3 aromatic rings. The number of carbonyl (C=O) groups is 1. The van der Waals surface area contributed by atoms with Crippen LogP contribution in [0.5, 0.6) is 5.75 Å². The van der Waals surface area contributed by atoms with Gasteiger partial charge in [0.05, 0.1) is 7.11 Å². The largest absolute Gasteiger partial charge is 0.497 e. The number of halogens is 2. The quantitative estimate of drug-likeness (QED) is 0.718. The van der Waals surface area contributed by atoms with E-state index in [0.717, 1.165) is 21.1 Å². The zero-order chi connectivity index (χ0) is 17.1. The average molecular weight is 391 g/mol. The lowest BCUT2D eigenvalue weighted by molar-refractivity contribution is -0.121. The van der Waals surface area contributed by atoms with E-state index in [-0.39, 0.29) is 24.8 Å². The monoisotopic (exact) mass is 390 g/mol. The SMILES string of the molecule is COc1ccc2c(ccn2CC(=O)NCc2cc(F)ccc2Br)c1. The maximum absolute atomic E-state index is 13.3. The molecular formula is C18H16BrFN2O2. The van der Waals surface area contributed by atoms with Crippen molar-refractivity contribution in [3.63, 3.8) is 0 Å². The molecular weight excluding hydrogens is 375 g/mol. The molecule has 4 nitrogen and oxygen atoms in total. The fourth-order valence-electron chi connectivity index (χ4n) is 2.53. The number of nitrogens with one attached hydrogen (secondary N) is 1. The molecule has 0 fully saturated rings. The van der Waals surface area contributed by atoms with E-state index in [1.807, 2.05) is 35.0 Å². The van der Waals surface area contributed by atoms with Crippen molar-refractivity contribution in [1.82, 2.24) is 9.88 Å². The van der Waals surface area contributed by atoms with E-state index in [1.54, 1.807) is 13.2 Å². The summed E-state index contributed by atoms with van der Waals surface area (Å²) in [6.07, 6.45) is 1.86. The zero-order valence-electron chi connectivity index (χ0n) is 13.1. The molecule has 1 aromatic heterocycles. The summed E-state index contributed by atoms with van der Waals surface area (Å²) >= 11 is 3.35. The van der Waals surface area contributed by atoms with E-state index in [2.05, 4.69) is 21.2 Å². The van der Waals surface area contributed by atoms with E-state index in [1.165, 1.54) is 12.1 Å². The fraction of sp³-hybridized carbons (Fsp3) is 0.167. The molecule has 2 aromatic carbocycles. The first kappa shape index (κ1) is 16.5. The zero-order valence-corrected chi connectivity index (χ0v) is 14.6. The molecule has 0 aliphatic carbocycles. The maximum atomic E-state index is 13.3. The average Bonchev–Trinajstić information content (AvgIpc) is 2.97. The summed E-state index contributed by atoms with van der Waals surface area (Å²) in [7, 11) is 1.62. The molecule has 0 radical (unpaired) electrons.